The van der Waals surface area contributed by atoms with E-state index >= 15 is 0 Å². The molecule has 1 rings (SSSR count). The number of carbonyl (C=O) groups excluding carboxylic acids is 1. The maximum absolute atomic E-state index is 12.4. The molecule has 1 aromatic rings. The molecule has 19 heavy (non-hydrogen) atoms. The van der Waals surface area contributed by atoms with Crippen molar-refractivity contribution in [3.63, 3.8) is 0 Å². The first kappa shape index (κ1) is 15.5. The van der Waals surface area contributed by atoms with Crippen LogP contribution >= 0.6 is 0 Å². The highest BCUT2D eigenvalue weighted by molar-refractivity contribution is 5.78. The Balaban J connectivity index is 2.78. The summed E-state index contributed by atoms with van der Waals surface area (Å²) in [5.41, 5.74) is 7.56. The zero-order valence-electron chi connectivity index (χ0n) is 12.5. The first-order chi connectivity index (χ1) is 8.95. The van der Waals surface area contributed by atoms with Crippen molar-refractivity contribution >= 4 is 11.6 Å². The first-order valence-electron chi connectivity index (χ1n) is 7.10. The number of rotatable bonds is 6. The van der Waals surface area contributed by atoms with Crippen molar-refractivity contribution < 1.29 is 4.79 Å². The third-order valence-electron chi connectivity index (χ3n) is 3.38. The van der Waals surface area contributed by atoms with Gasteiger partial charge in [0.05, 0.1) is 0 Å². The van der Waals surface area contributed by atoms with Gasteiger partial charge in [-0.25, -0.2) is 0 Å². The van der Waals surface area contributed by atoms with Crippen LogP contribution in [0.15, 0.2) is 24.3 Å². The van der Waals surface area contributed by atoms with Crippen LogP contribution in [0.3, 0.4) is 0 Å². The van der Waals surface area contributed by atoms with Gasteiger partial charge in [-0.05, 0) is 38.0 Å². The maximum atomic E-state index is 12.4. The number of carbonyl (C=O) groups is 1. The molecule has 0 aliphatic carbocycles. The fraction of sp³-hybridized carbons (Fsp3) is 0.562. The second-order valence-corrected chi connectivity index (χ2v) is 5.49. The fourth-order valence-corrected chi connectivity index (χ4v) is 2.17. The van der Waals surface area contributed by atoms with Gasteiger partial charge in [-0.3, -0.25) is 4.79 Å². The molecule has 1 amide bonds. The predicted octanol–water partition coefficient (Wildman–Crippen LogP) is 3.44. The Morgan fingerprint density at radius 2 is 1.79 bits per heavy atom. The average Bonchev–Trinajstić information content (AvgIpc) is 2.37. The molecule has 0 spiro atoms. The highest BCUT2D eigenvalue weighted by Crippen LogP contribution is 2.16. The molecule has 0 heterocycles. The summed E-state index contributed by atoms with van der Waals surface area (Å²) in [6.07, 6.45) is 1.99. The number of benzene rings is 1. The van der Waals surface area contributed by atoms with Gasteiger partial charge in [0, 0.05) is 24.2 Å². The van der Waals surface area contributed by atoms with E-state index in [9.17, 15) is 4.79 Å². The molecule has 0 radical (unpaired) electrons. The van der Waals surface area contributed by atoms with Gasteiger partial charge in [0.15, 0.2) is 0 Å². The van der Waals surface area contributed by atoms with E-state index in [-0.39, 0.29) is 17.9 Å². The topological polar surface area (TPSA) is 46.3 Å². The summed E-state index contributed by atoms with van der Waals surface area (Å²) in [7, 11) is 0. The smallest absolute Gasteiger partial charge is 0.225 e. The third kappa shape index (κ3) is 4.58. The van der Waals surface area contributed by atoms with Crippen molar-refractivity contribution in [2.24, 2.45) is 5.92 Å². The minimum atomic E-state index is 0.0983. The number of hydrogen-bond donors (Lipinski definition) is 1. The Labute approximate surface area is 116 Å². The Hall–Kier alpha value is -1.51. The fourth-order valence-electron chi connectivity index (χ4n) is 2.17. The van der Waals surface area contributed by atoms with Gasteiger partial charge in [-0.15, -0.1) is 0 Å². The normalized spacial score (nSPS) is 12.5. The lowest BCUT2D eigenvalue weighted by molar-refractivity contribution is -0.137. The summed E-state index contributed by atoms with van der Waals surface area (Å²) >= 11 is 0. The Bertz CT molecular complexity index is 398. The van der Waals surface area contributed by atoms with Gasteiger partial charge in [0.1, 0.15) is 0 Å². The molecular weight excluding hydrogens is 236 g/mol. The van der Waals surface area contributed by atoms with Gasteiger partial charge in [0.2, 0.25) is 5.91 Å². The highest BCUT2D eigenvalue weighted by Gasteiger charge is 2.22. The quantitative estimate of drug-likeness (QED) is 0.798. The van der Waals surface area contributed by atoms with Crippen molar-refractivity contribution in [2.45, 2.75) is 53.1 Å². The van der Waals surface area contributed by atoms with Gasteiger partial charge in [-0.2, -0.15) is 0 Å². The molecule has 3 nitrogen and oxygen atoms in total. The van der Waals surface area contributed by atoms with Gasteiger partial charge in [0.25, 0.3) is 0 Å². The van der Waals surface area contributed by atoms with Crippen LogP contribution in [-0.2, 0) is 11.3 Å². The highest BCUT2D eigenvalue weighted by atomic mass is 16.2. The first-order valence-corrected chi connectivity index (χ1v) is 7.10. The van der Waals surface area contributed by atoms with Crippen LogP contribution in [0.1, 0.15) is 46.1 Å². The second kappa shape index (κ2) is 7.17. The van der Waals surface area contributed by atoms with Crippen molar-refractivity contribution in [3.05, 3.63) is 29.8 Å². The van der Waals surface area contributed by atoms with Crippen LogP contribution in [0.25, 0.3) is 0 Å². The molecule has 106 valence electrons. The van der Waals surface area contributed by atoms with Crippen LogP contribution in [0.4, 0.5) is 5.69 Å². The zero-order chi connectivity index (χ0) is 14.4. The monoisotopic (exact) mass is 262 g/mol. The molecule has 1 aromatic carbocycles. The van der Waals surface area contributed by atoms with Crippen LogP contribution in [-0.4, -0.2) is 16.8 Å². The van der Waals surface area contributed by atoms with E-state index in [2.05, 4.69) is 20.8 Å². The number of nitrogens with zero attached hydrogens (tertiary/aromatic N) is 1. The molecule has 0 saturated heterocycles. The van der Waals surface area contributed by atoms with Crippen molar-refractivity contribution in [2.75, 3.05) is 5.73 Å². The lowest BCUT2D eigenvalue weighted by Gasteiger charge is -2.29. The molecule has 0 fully saturated rings. The van der Waals surface area contributed by atoms with Crippen LogP contribution in [0.2, 0.25) is 0 Å². The summed E-state index contributed by atoms with van der Waals surface area (Å²) in [5, 5.41) is 0. The minimum Gasteiger partial charge on any atom is -0.399 e. The summed E-state index contributed by atoms with van der Waals surface area (Å²) in [6, 6.07) is 7.95. The minimum absolute atomic E-state index is 0.0983. The molecule has 0 aliphatic rings. The van der Waals surface area contributed by atoms with Crippen LogP contribution < -0.4 is 5.73 Å². The van der Waals surface area contributed by atoms with Crippen molar-refractivity contribution in [3.8, 4) is 0 Å². The Morgan fingerprint density at radius 1 is 1.21 bits per heavy atom. The molecule has 1 atom stereocenters. The van der Waals surface area contributed by atoms with E-state index in [1.165, 1.54) is 0 Å². The Kier molecular flexibility index (Phi) is 5.87. The second-order valence-electron chi connectivity index (χ2n) is 5.49. The molecule has 2 N–H and O–H groups in total. The molecular formula is C16H26N2O. The zero-order valence-corrected chi connectivity index (χ0v) is 12.5. The summed E-state index contributed by atoms with van der Waals surface area (Å²) < 4.78 is 0. The number of anilines is 1. The SMILES string of the molecule is CCCC(C)C(=O)N(Cc1ccc(N)cc1)C(C)C. The molecule has 1 unspecified atom stereocenters. The lowest BCUT2D eigenvalue weighted by atomic mass is 10.0. The van der Waals surface area contributed by atoms with E-state index < -0.39 is 0 Å². The third-order valence-corrected chi connectivity index (χ3v) is 3.38. The number of nitrogen functional groups attached to an aromatic ring is 1. The molecule has 0 aromatic heterocycles. The van der Waals surface area contributed by atoms with Gasteiger partial charge >= 0.3 is 0 Å². The largest absolute Gasteiger partial charge is 0.399 e. The average molecular weight is 262 g/mol. The molecule has 3 heteroatoms. The molecule has 0 saturated carbocycles. The predicted molar refractivity (Wildman–Crippen MR) is 80.6 cm³/mol. The van der Waals surface area contributed by atoms with Gasteiger partial charge in [-0.1, -0.05) is 32.4 Å². The van der Waals surface area contributed by atoms with E-state index in [0.29, 0.717) is 6.54 Å². The van der Waals surface area contributed by atoms with Gasteiger partial charge < -0.3 is 10.6 Å². The number of nitrogens with two attached hydrogens (primary N) is 1. The maximum Gasteiger partial charge on any atom is 0.225 e. The lowest BCUT2D eigenvalue weighted by Crippen LogP contribution is -2.39. The summed E-state index contributed by atoms with van der Waals surface area (Å²) in [4.78, 5) is 14.4. The van der Waals surface area contributed by atoms with E-state index in [4.69, 9.17) is 5.73 Å². The van der Waals surface area contributed by atoms with Crippen LogP contribution in [0.5, 0.6) is 0 Å². The van der Waals surface area contributed by atoms with Crippen LogP contribution in [0, 0.1) is 5.92 Å². The molecule has 0 aliphatic heterocycles. The molecule has 0 bridgehead atoms. The van der Waals surface area contributed by atoms with Crippen molar-refractivity contribution in [1.29, 1.82) is 0 Å². The number of amides is 1. The summed E-state index contributed by atoms with van der Waals surface area (Å²) in [6.45, 7) is 8.92. The van der Waals surface area contributed by atoms with E-state index in [1.807, 2.05) is 36.1 Å². The summed E-state index contributed by atoms with van der Waals surface area (Å²) in [5.74, 6) is 0.342. The Morgan fingerprint density at radius 3 is 2.26 bits per heavy atom. The van der Waals surface area contributed by atoms with E-state index in [1.54, 1.807) is 0 Å². The number of hydrogen-bond acceptors (Lipinski definition) is 2. The van der Waals surface area contributed by atoms with Crippen molar-refractivity contribution in [1.82, 2.24) is 4.90 Å². The standard InChI is InChI=1S/C16H26N2O/c1-5-6-13(4)16(19)18(12(2)3)11-14-7-9-15(17)10-8-14/h7-10,12-13H,5-6,11,17H2,1-4H3. The van der Waals surface area contributed by atoms with E-state index in [0.717, 1.165) is 24.1 Å².